The second kappa shape index (κ2) is 5.91. The number of nitrogens with zero attached hydrogens (tertiary/aromatic N) is 1. The van der Waals surface area contributed by atoms with Crippen LogP contribution in [-0.4, -0.2) is 23.0 Å². The maximum Gasteiger partial charge on any atom is 0.222 e. The van der Waals surface area contributed by atoms with Gasteiger partial charge in [0, 0.05) is 18.5 Å². The number of pyridine rings is 1. The maximum absolute atomic E-state index is 11.6. The molecule has 4 N–H and O–H groups in total. The van der Waals surface area contributed by atoms with Crippen LogP contribution in [0, 0.1) is 0 Å². The highest BCUT2D eigenvalue weighted by molar-refractivity contribution is 6.33. The van der Waals surface area contributed by atoms with Crippen molar-refractivity contribution in [2.75, 3.05) is 17.6 Å². The molecule has 0 aliphatic carbocycles. The summed E-state index contributed by atoms with van der Waals surface area (Å²) in [4.78, 5) is 15.6. The van der Waals surface area contributed by atoms with E-state index in [9.17, 15) is 4.79 Å². The molecule has 0 radical (unpaired) electrons. The Morgan fingerprint density at radius 3 is 2.72 bits per heavy atom. The van der Waals surface area contributed by atoms with Crippen LogP contribution >= 0.6 is 11.6 Å². The summed E-state index contributed by atoms with van der Waals surface area (Å²) >= 11 is 5.95. The molecule has 1 heterocycles. The third-order valence-electron chi connectivity index (χ3n) is 2.02. The number of hydrogen-bond acceptors (Lipinski definition) is 4. The summed E-state index contributed by atoms with van der Waals surface area (Å²) in [5.74, 6) is 0.524. The molecule has 6 heteroatoms. The monoisotopic (exact) mass is 270 g/mol. The van der Waals surface area contributed by atoms with E-state index in [1.807, 2.05) is 20.8 Å². The van der Waals surface area contributed by atoms with Crippen LogP contribution in [0.1, 0.15) is 27.2 Å². The molecule has 0 saturated carbocycles. The summed E-state index contributed by atoms with van der Waals surface area (Å²) < 4.78 is 0. The number of nitrogens with one attached hydrogen (secondary N) is 2. The van der Waals surface area contributed by atoms with Crippen LogP contribution in [0.15, 0.2) is 12.3 Å². The van der Waals surface area contributed by atoms with E-state index in [1.165, 1.54) is 6.20 Å². The van der Waals surface area contributed by atoms with Crippen LogP contribution in [0.2, 0.25) is 5.02 Å². The normalized spacial score (nSPS) is 11.1. The fraction of sp³-hybridized carbons (Fsp3) is 0.500. The second-order valence-electron chi connectivity index (χ2n) is 5.07. The van der Waals surface area contributed by atoms with Crippen molar-refractivity contribution in [2.24, 2.45) is 0 Å². The molecular formula is C12H19ClN4O. The first-order valence-corrected chi connectivity index (χ1v) is 6.11. The lowest BCUT2D eigenvalue weighted by atomic mass is 10.1. The van der Waals surface area contributed by atoms with Gasteiger partial charge >= 0.3 is 0 Å². The Morgan fingerprint density at radius 1 is 1.50 bits per heavy atom. The van der Waals surface area contributed by atoms with Gasteiger partial charge in [0.05, 0.1) is 16.9 Å². The third kappa shape index (κ3) is 5.23. The van der Waals surface area contributed by atoms with Crippen LogP contribution in [-0.2, 0) is 4.79 Å². The molecule has 1 rings (SSSR count). The second-order valence-corrected chi connectivity index (χ2v) is 5.48. The van der Waals surface area contributed by atoms with Gasteiger partial charge in [0.2, 0.25) is 5.91 Å². The van der Waals surface area contributed by atoms with Gasteiger partial charge < -0.3 is 16.4 Å². The molecule has 0 atom stereocenters. The zero-order valence-electron chi connectivity index (χ0n) is 10.9. The molecule has 0 saturated heterocycles. The molecule has 0 bridgehead atoms. The van der Waals surface area contributed by atoms with E-state index in [0.717, 1.165) is 0 Å². The molecule has 5 nitrogen and oxygen atoms in total. The highest BCUT2D eigenvalue weighted by Gasteiger charge is 2.13. The largest absolute Gasteiger partial charge is 0.397 e. The van der Waals surface area contributed by atoms with Gasteiger partial charge in [0.15, 0.2) is 0 Å². The summed E-state index contributed by atoms with van der Waals surface area (Å²) in [6.45, 7) is 6.29. The number of rotatable bonds is 4. The van der Waals surface area contributed by atoms with Crippen molar-refractivity contribution in [1.82, 2.24) is 10.3 Å². The highest BCUT2D eigenvalue weighted by Crippen LogP contribution is 2.20. The lowest BCUT2D eigenvalue weighted by molar-refractivity contribution is -0.122. The van der Waals surface area contributed by atoms with Crippen molar-refractivity contribution in [3.8, 4) is 0 Å². The Balaban J connectivity index is 2.40. The van der Waals surface area contributed by atoms with Gasteiger partial charge in [0.25, 0.3) is 0 Å². The summed E-state index contributed by atoms with van der Waals surface area (Å²) in [6, 6.07) is 1.62. The molecule has 1 aromatic rings. The number of nitrogen functional groups attached to an aromatic ring is 1. The molecule has 0 aliphatic heterocycles. The van der Waals surface area contributed by atoms with Gasteiger partial charge in [-0.05, 0) is 26.8 Å². The average Bonchev–Trinajstić information content (AvgIpc) is 2.18. The fourth-order valence-electron chi connectivity index (χ4n) is 1.36. The minimum atomic E-state index is -0.214. The third-order valence-corrected chi connectivity index (χ3v) is 2.31. The summed E-state index contributed by atoms with van der Waals surface area (Å²) in [5.41, 5.74) is 5.83. The predicted molar refractivity (Wildman–Crippen MR) is 74.7 cm³/mol. The van der Waals surface area contributed by atoms with Gasteiger partial charge in [0.1, 0.15) is 5.82 Å². The van der Waals surface area contributed by atoms with E-state index in [-0.39, 0.29) is 11.4 Å². The first kappa shape index (κ1) is 14.6. The van der Waals surface area contributed by atoms with E-state index in [4.69, 9.17) is 17.3 Å². The van der Waals surface area contributed by atoms with Gasteiger partial charge in [-0.2, -0.15) is 0 Å². The Morgan fingerprint density at radius 2 is 2.17 bits per heavy atom. The number of halogens is 1. The number of aromatic nitrogens is 1. The zero-order chi connectivity index (χ0) is 13.8. The van der Waals surface area contributed by atoms with Crippen molar-refractivity contribution in [1.29, 1.82) is 0 Å². The van der Waals surface area contributed by atoms with Crippen LogP contribution in [0.3, 0.4) is 0 Å². The smallest absolute Gasteiger partial charge is 0.222 e. The fourth-order valence-corrected chi connectivity index (χ4v) is 1.60. The molecule has 1 amide bonds. The molecular weight excluding hydrogens is 252 g/mol. The molecule has 0 aliphatic rings. The molecule has 0 aromatic carbocycles. The van der Waals surface area contributed by atoms with E-state index in [1.54, 1.807) is 6.07 Å². The zero-order valence-corrected chi connectivity index (χ0v) is 11.6. The first-order chi connectivity index (χ1) is 8.28. The van der Waals surface area contributed by atoms with Crippen molar-refractivity contribution in [3.05, 3.63) is 17.3 Å². The van der Waals surface area contributed by atoms with Crippen molar-refractivity contribution in [3.63, 3.8) is 0 Å². The predicted octanol–water partition coefficient (Wildman–Crippen LogP) is 2.03. The molecule has 0 unspecified atom stereocenters. The van der Waals surface area contributed by atoms with E-state index in [0.29, 0.717) is 29.5 Å². The van der Waals surface area contributed by atoms with E-state index >= 15 is 0 Å². The van der Waals surface area contributed by atoms with Crippen molar-refractivity contribution in [2.45, 2.75) is 32.7 Å². The minimum absolute atomic E-state index is 0.0124. The molecule has 1 aromatic heterocycles. The first-order valence-electron chi connectivity index (χ1n) is 5.74. The number of nitrogens with two attached hydrogens (primary N) is 1. The van der Waals surface area contributed by atoms with Gasteiger partial charge in [-0.15, -0.1) is 0 Å². The summed E-state index contributed by atoms with van der Waals surface area (Å²) in [6.07, 6.45) is 1.88. The van der Waals surface area contributed by atoms with Crippen molar-refractivity contribution < 1.29 is 4.79 Å². The Bertz CT molecular complexity index is 429. The van der Waals surface area contributed by atoms with Gasteiger partial charge in [-0.3, -0.25) is 4.79 Å². The van der Waals surface area contributed by atoms with E-state index in [2.05, 4.69) is 15.6 Å². The van der Waals surface area contributed by atoms with Crippen LogP contribution in [0.4, 0.5) is 11.5 Å². The molecule has 0 spiro atoms. The Hall–Kier alpha value is -1.49. The number of hydrogen-bond donors (Lipinski definition) is 3. The van der Waals surface area contributed by atoms with Crippen LogP contribution in [0.25, 0.3) is 0 Å². The van der Waals surface area contributed by atoms with Crippen molar-refractivity contribution >= 4 is 29.0 Å². The number of carbonyl (C=O) groups is 1. The van der Waals surface area contributed by atoms with Gasteiger partial charge in [-0.1, -0.05) is 11.6 Å². The SMILES string of the molecule is CC(C)(C)NC(=O)CCNc1ncc(N)cc1Cl. The Labute approximate surface area is 112 Å². The van der Waals surface area contributed by atoms with E-state index < -0.39 is 0 Å². The maximum atomic E-state index is 11.6. The minimum Gasteiger partial charge on any atom is -0.397 e. The topological polar surface area (TPSA) is 80.0 Å². The van der Waals surface area contributed by atoms with Crippen LogP contribution < -0.4 is 16.4 Å². The average molecular weight is 271 g/mol. The summed E-state index contributed by atoms with van der Waals surface area (Å²) in [5, 5.41) is 6.32. The number of anilines is 2. The molecule has 18 heavy (non-hydrogen) atoms. The van der Waals surface area contributed by atoms with Crippen LogP contribution in [0.5, 0.6) is 0 Å². The van der Waals surface area contributed by atoms with Gasteiger partial charge in [-0.25, -0.2) is 4.98 Å². The summed E-state index contributed by atoms with van der Waals surface area (Å²) in [7, 11) is 0. The standard InChI is InChI=1S/C12H19ClN4O/c1-12(2,3)17-10(18)4-5-15-11-9(13)6-8(14)7-16-11/h6-7H,4-5,14H2,1-3H3,(H,15,16)(H,17,18). The lowest BCUT2D eigenvalue weighted by Crippen LogP contribution is -2.41. The highest BCUT2D eigenvalue weighted by atomic mass is 35.5. The molecule has 100 valence electrons. The Kier molecular flexibility index (Phi) is 4.78. The number of amides is 1. The lowest BCUT2D eigenvalue weighted by Gasteiger charge is -2.20. The molecule has 0 fully saturated rings. The number of carbonyl (C=O) groups excluding carboxylic acids is 1. The quantitative estimate of drug-likeness (QED) is 0.782.